The smallest absolute Gasteiger partial charge is 0.338 e. The van der Waals surface area contributed by atoms with Crippen molar-refractivity contribution in [2.75, 3.05) is 13.7 Å². The van der Waals surface area contributed by atoms with E-state index in [1.165, 1.54) is 0 Å². The first-order valence-electron chi connectivity index (χ1n) is 11.5. The first-order chi connectivity index (χ1) is 17.3. The molecule has 1 heterocycles. The van der Waals surface area contributed by atoms with Crippen LogP contribution in [0, 0.1) is 0 Å². The van der Waals surface area contributed by atoms with E-state index in [1.54, 1.807) is 63.4 Å². The zero-order chi connectivity index (χ0) is 25.9. The van der Waals surface area contributed by atoms with E-state index in [1.807, 2.05) is 30.3 Å². The number of hydrogen-bond acceptors (Lipinski definition) is 6. The fraction of sp³-hybridized carbons (Fsp3) is 0.179. The molecule has 0 aliphatic carbocycles. The molecular formula is C28H28N4O4. The van der Waals surface area contributed by atoms with Crippen molar-refractivity contribution < 1.29 is 19.4 Å². The number of benzene rings is 3. The summed E-state index contributed by atoms with van der Waals surface area (Å²) in [7, 11) is 1.54. The number of likely N-dealkylation sites (N-methyl/N-ethyl adjacent to an activating group) is 1. The maximum atomic E-state index is 12.2. The number of aliphatic imine (C=N–C) groups is 1. The lowest BCUT2D eigenvalue weighted by molar-refractivity contribution is -0.125. The summed E-state index contributed by atoms with van der Waals surface area (Å²) in [6.07, 6.45) is 0. The van der Waals surface area contributed by atoms with Crippen LogP contribution in [0.15, 0.2) is 77.8 Å². The van der Waals surface area contributed by atoms with Crippen LogP contribution in [0.3, 0.4) is 0 Å². The Hall–Kier alpha value is -4.43. The van der Waals surface area contributed by atoms with Gasteiger partial charge in [0, 0.05) is 23.5 Å². The van der Waals surface area contributed by atoms with Gasteiger partial charge in [-0.1, -0.05) is 48.5 Å². The Bertz CT molecular complexity index is 1440. The van der Waals surface area contributed by atoms with Crippen molar-refractivity contribution in [2.24, 2.45) is 10.7 Å². The largest absolute Gasteiger partial charge is 0.494 e. The Morgan fingerprint density at radius 2 is 1.75 bits per heavy atom. The summed E-state index contributed by atoms with van der Waals surface area (Å²) in [6.45, 7) is 3.67. The number of H-pyrrole nitrogens is 1. The highest BCUT2D eigenvalue weighted by Crippen LogP contribution is 2.32. The number of nitrogens with zero attached hydrogens (tertiary/aromatic N) is 1. The second kappa shape index (κ2) is 10.1. The van der Waals surface area contributed by atoms with Crippen LogP contribution in [-0.2, 0) is 15.1 Å². The summed E-state index contributed by atoms with van der Waals surface area (Å²) in [6, 6.07) is 21.6. The summed E-state index contributed by atoms with van der Waals surface area (Å²) in [5, 5.41) is 14.2. The zero-order valence-electron chi connectivity index (χ0n) is 20.3. The van der Waals surface area contributed by atoms with Gasteiger partial charge in [-0.3, -0.25) is 4.79 Å². The number of carbonyl (C=O) groups is 2. The molecule has 0 saturated carbocycles. The lowest BCUT2D eigenvalue weighted by Crippen LogP contribution is -2.47. The molecule has 0 radical (unpaired) electrons. The summed E-state index contributed by atoms with van der Waals surface area (Å²) in [5.41, 5.74) is 9.09. The van der Waals surface area contributed by atoms with Gasteiger partial charge in [-0.2, -0.15) is 0 Å². The van der Waals surface area contributed by atoms with Crippen molar-refractivity contribution in [1.29, 1.82) is 0 Å². The topological polar surface area (TPSA) is 130 Å². The van der Waals surface area contributed by atoms with Crippen LogP contribution in [0.1, 0.15) is 40.9 Å². The number of aromatic nitrogens is 1. The normalized spacial score (nSPS) is 13.3. The van der Waals surface area contributed by atoms with Crippen LogP contribution in [0.25, 0.3) is 10.9 Å². The molecule has 5 N–H and O–H groups in total. The number of hydrogen-bond donors (Lipinski definition) is 4. The number of nitrogens with two attached hydrogens (primary N) is 1. The molecule has 1 aromatic heterocycles. The van der Waals surface area contributed by atoms with Gasteiger partial charge in [0.2, 0.25) is 5.91 Å². The SMILES string of the molecule is CCOC(=O)c1ccc2c(C(=Nc3ccc(C(C)(N)C(=O)NC)cc3)c3ccccc3)c(O)[nH]c2c1. The van der Waals surface area contributed by atoms with Crippen molar-refractivity contribution in [3.63, 3.8) is 0 Å². The quantitative estimate of drug-likeness (QED) is 0.231. The average Bonchev–Trinajstić information content (AvgIpc) is 3.22. The molecule has 1 amide bonds. The molecule has 0 saturated heterocycles. The highest BCUT2D eigenvalue weighted by atomic mass is 16.5. The van der Waals surface area contributed by atoms with E-state index >= 15 is 0 Å². The van der Waals surface area contributed by atoms with E-state index in [0.717, 1.165) is 5.56 Å². The Morgan fingerprint density at radius 1 is 1.06 bits per heavy atom. The van der Waals surface area contributed by atoms with Gasteiger partial charge in [-0.05, 0) is 43.7 Å². The van der Waals surface area contributed by atoms with E-state index in [4.69, 9.17) is 15.5 Å². The first-order valence-corrected chi connectivity index (χ1v) is 11.5. The van der Waals surface area contributed by atoms with E-state index < -0.39 is 11.5 Å². The first kappa shape index (κ1) is 24.7. The molecule has 1 unspecified atom stereocenters. The molecular weight excluding hydrogens is 456 g/mol. The van der Waals surface area contributed by atoms with Crippen molar-refractivity contribution in [3.05, 3.63) is 95.1 Å². The minimum Gasteiger partial charge on any atom is -0.494 e. The van der Waals surface area contributed by atoms with Crippen molar-refractivity contribution in [1.82, 2.24) is 10.3 Å². The molecule has 4 rings (SSSR count). The fourth-order valence-corrected chi connectivity index (χ4v) is 4.03. The van der Waals surface area contributed by atoms with Crippen LogP contribution >= 0.6 is 0 Å². The lowest BCUT2D eigenvalue weighted by Gasteiger charge is -2.23. The number of fused-ring (bicyclic) bond motifs is 1. The molecule has 8 heteroatoms. The highest BCUT2D eigenvalue weighted by molar-refractivity contribution is 6.22. The molecule has 36 heavy (non-hydrogen) atoms. The van der Waals surface area contributed by atoms with Crippen molar-refractivity contribution in [2.45, 2.75) is 19.4 Å². The Labute approximate surface area is 208 Å². The highest BCUT2D eigenvalue weighted by Gasteiger charge is 2.29. The summed E-state index contributed by atoms with van der Waals surface area (Å²) >= 11 is 0. The van der Waals surface area contributed by atoms with Gasteiger partial charge in [-0.15, -0.1) is 0 Å². The van der Waals surface area contributed by atoms with Crippen LogP contribution in [-0.4, -0.2) is 41.3 Å². The van der Waals surface area contributed by atoms with Crippen LogP contribution in [0.5, 0.6) is 5.88 Å². The molecule has 184 valence electrons. The number of ether oxygens (including phenoxy) is 1. The summed E-state index contributed by atoms with van der Waals surface area (Å²) in [4.78, 5) is 32.2. The second-order valence-corrected chi connectivity index (χ2v) is 8.48. The number of nitrogens with one attached hydrogen (secondary N) is 2. The number of amides is 1. The van der Waals surface area contributed by atoms with Crippen LogP contribution in [0.4, 0.5) is 5.69 Å². The Balaban J connectivity index is 1.82. The van der Waals surface area contributed by atoms with E-state index in [2.05, 4.69) is 10.3 Å². The van der Waals surface area contributed by atoms with Gasteiger partial charge < -0.3 is 25.9 Å². The molecule has 8 nitrogen and oxygen atoms in total. The summed E-state index contributed by atoms with van der Waals surface area (Å²) in [5.74, 6) is -0.801. The zero-order valence-corrected chi connectivity index (χ0v) is 20.3. The van der Waals surface area contributed by atoms with Crippen LogP contribution in [0.2, 0.25) is 0 Å². The van der Waals surface area contributed by atoms with Gasteiger partial charge in [0.1, 0.15) is 5.54 Å². The van der Waals surface area contributed by atoms with E-state index in [9.17, 15) is 14.7 Å². The number of aromatic hydroxyl groups is 1. The maximum Gasteiger partial charge on any atom is 0.338 e. The minimum absolute atomic E-state index is 0.0700. The summed E-state index contributed by atoms with van der Waals surface area (Å²) < 4.78 is 5.09. The van der Waals surface area contributed by atoms with Gasteiger partial charge >= 0.3 is 5.97 Å². The molecule has 0 bridgehead atoms. The average molecular weight is 485 g/mol. The Kier molecular flexibility index (Phi) is 6.89. The maximum absolute atomic E-state index is 12.2. The monoisotopic (exact) mass is 484 g/mol. The minimum atomic E-state index is -1.19. The third-order valence-electron chi connectivity index (χ3n) is 5.98. The second-order valence-electron chi connectivity index (χ2n) is 8.48. The van der Waals surface area contributed by atoms with Gasteiger partial charge in [0.15, 0.2) is 5.88 Å². The molecule has 0 aliphatic rings. The van der Waals surface area contributed by atoms with Crippen molar-refractivity contribution in [3.8, 4) is 5.88 Å². The third-order valence-corrected chi connectivity index (χ3v) is 5.98. The lowest BCUT2D eigenvalue weighted by atomic mass is 9.92. The number of carbonyl (C=O) groups excluding carboxylic acids is 2. The molecule has 3 aromatic carbocycles. The third kappa shape index (κ3) is 4.71. The molecule has 0 aliphatic heterocycles. The predicted molar refractivity (Wildman–Crippen MR) is 140 cm³/mol. The predicted octanol–water partition coefficient (Wildman–Crippen LogP) is 4.14. The molecule has 0 fully saturated rings. The van der Waals surface area contributed by atoms with Crippen molar-refractivity contribution >= 4 is 34.2 Å². The van der Waals surface area contributed by atoms with Crippen LogP contribution < -0.4 is 11.1 Å². The number of esters is 1. The fourth-order valence-electron chi connectivity index (χ4n) is 4.03. The molecule has 0 spiro atoms. The molecule has 1 atom stereocenters. The van der Waals surface area contributed by atoms with Gasteiger partial charge in [0.05, 0.1) is 29.1 Å². The van der Waals surface area contributed by atoms with Gasteiger partial charge in [-0.25, -0.2) is 9.79 Å². The Morgan fingerprint density at radius 3 is 2.39 bits per heavy atom. The van der Waals surface area contributed by atoms with E-state index in [-0.39, 0.29) is 18.4 Å². The number of aromatic amines is 1. The van der Waals surface area contributed by atoms with Gasteiger partial charge in [0.25, 0.3) is 0 Å². The van der Waals surface area contributed by atoms with E-state index in [0.29, 0.717) is 39.0 Å². The molecule has 4 aromatic rings. The number of rotatable bonds is 7. The standard InChI is InChI=1S/C28H28N4O4/c1-4-36-26(34)18-10-15-21-22(16-18)32-25(33)23(21)24(17-8-6-5-7-9-17)31-20-13-11-19(12-14-20)28(2,29)27(35)30-3/h5-16,32-33H,4,29H2,1-3H3,(H,30,35).